The van der Waals surface area contributed by atoms with Gasteiger partial charge in [0.05, 0.1) is 6.20 Å². The lowest BCUT2D eigenvalue weighted by Crippen LogP contribution is -2.39. The Morgan fingerprint density at radius 2 is 1.94 bits per heavy atom. The highest BCUT2D eigenvalue weighted by Gasteiger charge is 2.27. The SMILES string of the molecule is Cc1cc(-c2cnn(C)c2)cc([C@H]2CCCN(C(=O)c3ccc4c(c3)OCCO4)C2)n1. The number of carbonyl (C=O) groups is 1. The molecule has 5 rings (SSSR count). The lowest BCUT2D eigenvalue weighted by Gasteiger charge is -2.33. The number of ether oxygens (including phenoxy) is 2. The quantitative estimate of drug-likeness (QED) is 0.650. The number of benzene rings is 1. The summed E-state index contributed by atoms with van der Waals surface area (Å²) in [7, 11) is 1.92. The van der Waals surface area contributed by atoms with E-state index >= 15 is 0 Å². The van der Waals surface area contributed by atoms with Gasteiger partial charge >= 0.3 is 0 Å². The predicted molar refractivity (Wildman–Crippen MR) is 116 cm³/mol. The van der Waals surface area contributed by atoms with Gasteiger partial charge in [0, 0.05) is 54.8 Å². The van der Waals surface area contributed by atoms with Gasteiger partial charge in [0.2, 0.25) is 0 Å². The van der Waals surface area contributed by atoms with Crippen molar-refractivity contribution in [2.75, 3.05) is 26.3 Å². The molecule has 1 fully saturated rings. The van der Waals surface area contributed by atoms with Crippen LogP contribution in [0.2, 0.25) is 0 Å². The number of rotatable bonds is 3. The number of hydrogen-bond acceptors (Lipinski definition) is 5. The molecule has 4 heterocycles. The van der Waals surface area contributed by atoms with Gasteiger partial charge in [-0.2, -0.15) is 5.10 Å². The monoisotopic (exact) mass is 418 g/mol. The van der Waals surface area contributed by atoms with Crippen molar-refractivity contribution in [3.05, 3.63) is 59.7 Å². The molecular weight excluding hydrogens is 392 g/mol. The Kier molecular flexibility index (Phi) is 5.10. The van der Waals surface area contributed by atoms with Gasteiger partial charge in [0.1, 0.15) is 13.2 Å². The third-order valence-electron chi connectivity index (χ3n) is 5.93. The van der Waals surface area contributed by atoms with Gasteiger partial charge in [-0.25, -0.2) is 0 Å². The molecule has 1 amide bonds. The molecule has 7 nitrogen and oxygen atoms in total. The Balaban J connectivity index is 1.37. The maximum absolute atomic E-state index is 13.2. The minimum atomic E-state index is 0.0295. The van der Waals surface area contributed by atoms with Crippen molar-refractivity contribution in [1.29, 1.82) is 0 Å². The minimum absolute atomic E-state index is 0.0295. The van der Waals surface area contributed by atoms with Gasteiger partial charge in [-0.1, -0.05) is 0 Å². The van der Waals surface area contributed by atoms with Crippen LogP contribution in [-0.2, 0) is 7.05 Å². The van der Waals surface area contributed by atoms with Crippen LogP contribution in [0.4, 0.5) is 0 Å². The van der Waals surface area contributed by atoms with E-state index in [-0.39, 0.29) is 11.8 Å². The molecule has 1 saturated heterocycles. The average Bonchev–Trinajstić information content (AvgIpc) is 3.24. The Morgan fingerprint density at radius 1 is 1.10 bits per heavy atom. The van der Waals surface area contributed by atoms with Gasteiger partial charge in [0.15, 0.2) is 11.5 Å². The van der Waals surface area contributed by atoms with Gasteiger partial charge in [-0.05, 0) is 55.7 Å². The van der Waals surface area contributed by atoms with Crippen molar-refractivity contribution >= 4 is 5.91 Å². The summed E-state index contributed by atoms with van der Waals surface area (Å²) in [6.07, 6.45) is 5.86. The molecule has 0 bridgehead atoms. The largest absolute Gasteiger partial charge is 0.486 e. The van der Waals surface area contributed by atoms with Gasteiger partial charge in [0.25, 0.3) is 5.91 Å². The maximum Gasteiger partial charge on any atom is 0.254 e. The molecule has 31 heavy (non-hydrogen) atoms. The lowest BCUT2D eigenvalue weighted by molar-refractivity contribution is 0.0705. The van der Waals surface area contributed by atoms with Crippen LogP contribution in [-0.4, -0.2) is 51.9 Å². The van der Waals surface area contributed by atoms with E-state index in [1.165, 1.54) is 0 Å². The van der Waals surface area contributed by atoms with E-state index in [2.05, 4.69) is 17.2 Å². The van der Waals surface area contributed by atoms with Crippen molar-refractivity contribution in [3.8, 4) is 22.6 Å². The maximum atomic E-state index is 13.2. The van der Waals surface area contributed by atoms with Crippen LogP contribution in [0.15, 0.2) is 42.7 Å². The summed E-state index contributed by atoms with van der Waals surface area (Å²) in [5.41, 5.74) is 4.85. The van der Waals surface area contributed by atoms with E-state index in [1.54, 1.807) is 10.7 Å². The number of hydrogen-bond donors (Lipinski definition) is 0. The summed E-state index contributed by atoms with van der Waals surface area (Å²) in [5.74, 6) is 1.59. The van der Waals surface area contributed by atoms with Crippen LogP contribution in [0, 0.1) is 6.92 Å². The summed E-state index contributed by atoms with van der Waals surface area (Å²) < 4.78 is 13.0. The number of aromatic nitrogens is 3. The standard InChI is InChI=1S/C24H26N4O3/c1-16-10-19(20-13-25-27(2)14-20)11-21(26-16)18-4-3-7-28(15-18)24(29)17-5-6-22-23(12-17)31-9-8-30-22/h5-6,10-14,18H,3-4,7-9,15H2,1-2H3/t18-/m0/s1. The normalized spacial score (nSPS) is 18.1. The molecule has 2 aliphatic rings. The molecule has 2 aromatic heterocycles. The topological polar surface area (TPSA) is 69.5 Å². The van der Waals surface area contributed by atoms with Crippen LogP contribution < -0.4 is 9.47 Å². The third kappa shape index (κ3) is 4.00. The summed E-state index contributed by atoms with van der Waals surface area (Å²) >= 11 is 0. The molecule has 0 aliphatic carbocycles. The molecule has 7 heteroatoms. The molecule has 2 aliphatic heterocycles. The fourth-order valence-corrected chi connectivity index (χ4v) is 4.40. The molecule has 0 spiro atoms. The van der Waals surface area contributed by atoms with Gasteiger partial charge in [-0.15, -0.1) is 0 Å². The van der Waals surface area contributed by atoms with E-state index in [0.717, 1.165) is 41.9 Å². The molecular formula is C24H26N4O3. The van der Waals surface area contributed by atoms with Crippen LogP contribution in [0.3, 0.4) is 0 Å². The fraction of sp³-hybridized carbons (Fsp3) is 0.375. The van der Waals surface area contributed by atoms with Crippen molar-refractivity contribution in [2.24, 2.45) is 7.05 Å². The molecule has 0 radical (unpaired) electrons. The molecule has 1 atom stereocenters. The Hall–Kier alpha value is -3.35. The molecule has 1 aromatic carbocycles. The molecule has 3 aromatic rings. The highest BCUT2D eigenvalue weighted by molar-refractivity contribution is 5.95. The molecule has 160 valence electrons. The third-order valence-corrected chi connectivity index (χ3v) is 5.93. The van der Waals surface area contributed by atoms with E-state index in [4.69, 9.17) is 14.5 Å². The van der Waals surface area contributed by atoms with Gasteiger partial charge in [-0.3, -0.25) is 14.5 Å². The second-order valence-electron chi connectivity index (χ2n) is 8.27. The van der Waals surface area contributed by atoms with E-state index in [0.29, 0.717) is 36.8 Å². The van der Waals surface area contributed by atoms with Crippen molar-refractivity contribution in [3.63, 3.8) is 0 Å². The number of fused-ring (bicyclic) bond motifs is 1. The highest BCUT2D eigenvalue weighted by Crippen LogP contribution is 2.33. The predicted octanol–water partition coefficient (Wildman–Crippen LogP) is 3.58. The summed E-state index contributed by atoms with van der Waals surface area (Å²) in [4.78, 5) is 20.0. The van der Waals surface area contributed by atoms with Crippen LogP contribution in [0.5, 0.6) is 11.5 Å². The van der Waals surface area contributed by atoms with Crippen molar-refractivity contribution < 1.29 is 14.3 Å². The smallest absolute Gasteiger partial charge is 0.254 e. The number of aryl methyl sites for hydroxylation is 2. The summed E-state index contributed by atoms with van der Waals surface area (Å²) in [5, 5.41) is 4.29. The number of carbonyl (C=O) groups excluding carboxylic acids is 1. The minimum Gasteiger partial charge on any atom is -0.486 e. The Labute approximate surface area is 181 Å². The highest BCUT2D eigenvalue weighted by atomic mass is 16.6. The Morgan fingerprint density at radius 3 is 2.74 bits per heavy atom. The van der Waals surface area contributed by atoms with E-state index in [1.807, 2.05) is 43.4 Å². The van der Waals surface area contributed by atoms with Crippen molar-refractivity contribution in [1.82, 2.24) is 19.7 Å². The first-order valence-electron chi connectivity index (χ1n) is 10.7. The number of piperidine rings is 1. The van der Waals surface area contributed by atoms with Gasteiger partial charge < -0.3 is 14.4 Å². The molecule has 0 saturated carbocycles. The summed E-state index contributed by atoms with van der Waals surface area (Å²) in [6.45, 7) is 4.49. The first-order valence-corrected chi connectivity index (χ1v) is 10.7. The zero-order valence-electron chi connectivity index (χ0n) is 17.9. The van der Waals surface area contributed by atoms with Crippen LogP contribution in [0.1, 0.15) is 40.5 Å². The van der Waals surface area contributed by atoms with E-state index in [9.17, 15) is 4.79 Å². The first-order chi connectivity index (χ1) is 15.1. The zero-order valence-corrected chi connectivity index (χ0v) is 17.9. The molecule has 0 unspecified atom stereocenters. The summed E-state index contributed by atoms with van der Waals surface area (Å²) in [6, 6.07) is 9.68. The second-order valence-corrected chi connectivity index (χ2v) is 8.27. The van der Waals surface area contributed by atoms with Crippen LogP contribution >= 0.6 is 0 Å². The zero-order chi connectivity index (χ0) is 21.4. The Bertz CT molecular complexity index is 1120. The molecule has 0 N–H and O–H groups in total. The number of pyridine rings is 1. The number of nitrogens with zero attached hydrogens (tertiary/aromatic N) is 4. The van der Waals surface area contributed by atoms with E-state index < -0.39 is 0 Å². The van der Waals surface area contributed by atoms with Crippen molar-refractivity contribution in [2.45, 2.75) is 25.7 Å². The number of likely N-dealkylation sites (tertiary alicyclic amines) is 1. The second kappa shape index (κ2) is 8.06. The first kappa shape index (κ1) is 19.6. The fourth-order valence-electron chi connectivity index (χ4n) is 4.40. The average molecular weight is 418 g/mol. The number of amides is 1. The van der Waals surface area contributed by atoms with Crippen LogP contribution in [0.25, 0.3) is 11.1 Å². The lowest BCUT2D eigenvalue weighted by atomic mass is 9.92.